The molecule has 2 aromatic rings. The molecule has 0 aliphatic rings. The van der Waals surface area contributed by atoms with Crippen LogP contribution in [0.1, 0.15) is 29.8 Å². The van der Waals surface area contributed by atoms with Gasteiger partial charge < -0.3 is 14.7 Å². The molecule has 0 fully saturated rings. The Morgan fingerprint density at radius 3 is 2.24 bits per heavy atom. The van der Waals surface area contributed by atoms with Crippen LogP contribution in [0.4, 0.5) is 4.39 Å². The van der Waals surface area contributed by atoms with Gasteiger partial charge in [0.15, 0.2) is 0 Å². The Morgan fingerprint density at radius 2 is 1.70 bits per heavy atom. The van der Waals surface area contributed by atoms with Gasteiger partial charge in [-0.2, -0.15) is 4.31 Å². The number of carbonyl (C=O) groups excluding carboxylic acids is 1. The Morgan fingerprint density at radius 1 is 1.09 bits per heavy atom. The van der Waals surface area contributed by atoms with Crippen molar-refractivity contribution in [2.24, 2.45) is 5.92 Å². The molecule has 0 spiro atoms. The average Bonchev–Trinajstić information content (AvgIpc) is 2.80. The third-order valence-corrected chi connectivity index (χ3v) is 7.69. The standard InChI is InChI=1S/C24H33FN2O5S/c1-17-10-12-20(13-11-17)33(30,31)27(19(3)16-28)14-18(2)23(32-5)15-26(4)24(29)21-8-6-7-9-22(21)25/h6-13,18-19,23,28H,14-16H2,1-5H3/t18-,19+,23+/m0/s1. The van der Waals surface area contributed by atoms with E-state index in [1.165, 1.54) is 34.5 Å². The van der Waals surface area contributed by atoms with Crippen LogP contribution < -0.4 is 0 Å². The Bertz CT molecular complexity index is 1030. The highest BCUT2D eigenvalue weighted by atomic mass is 32.2. The van der Waals surface area contributed by atoms with Crippen molar-refractivity contribution in [3.63, 3.8) is 0 Å². The van der Waals surface area contributed by atoms with Crippen molar-refractivity contribution >= 4 is 15.9 Å². The first-order valence-corrected chi connectivity index (χ1v) is 12.2. The van der Waals surface area contributed by atoms with Crippen molar-refractivity contribution in [3.05, 3.63) is 65.5 Å². The van der Waals surface area contributed by atoms with Crippen LogP contribution in [-0.4, -0.2) is 74.6 Å². The predicted octanol–water partition coefficient (Wildman–Crippen LogP) is 2.93. The van der Waals surface area contributed by atoms with Crippen molar-refractivity contribution in [2.75, 3.05) is 33.9 Å². The summed E-state index contributed by atoms with van der Waals surface area (Å²) >= 11 is 0. The Labute approximate surface area is 195 Å². The maximum atomic E-state index is 14.0. The predicted molar refractivity (Wildman–Crippen MR) is 125 cm³/mol. The fourth-order valence-electron chi connectivity index (χ4n) is 3.53. The third kappa shape index (κ3) is 6.60. The number of sulfonamides is 1. The summed E-state index contributed by atoms with van der Waals surface area (Å²) in [5.41, 5.74) is 0.895. The number of benzene rings is 2. The van der Waals surface area contributed by atoms with Gasteiger partial charge in [-0.05, 0) is 44.0 Å². The fraction of sp³-hybridized carbons (Fsp3) is 0.458. The van der Waals surface area contributed by atoms with Gasteiger partial charge in [0.25, 0.3) is 5.91 Å². The monoisotopic (exact) mass is 480 g/mol. The molecular formula is C24H33FN2O5S. The van der Waals surface area contributed by atoms with E-state index in [-0.39, 0.29) is 36.1 Å². The van der Waals surface area contributed by atoms with Crippen molar-refractivity contribution in [1.82, 2.24) is 9.21 Å². The highest BCUT2D eigenvalue weighted by Gasteiger charge is 2.33. The molecule has 33 heavy (non-hydrogen) atoms. The van der Waals surface area contributed by atoms with Crippen LogP contribution in [0.3, 0.4) is 0 Å². The third-order valence-electron chi connectivity index (χ3n) is 5.69. The molecule has 0 saturated carbocycles. The average molecular weight is 481 g/mol. The minimum absolute atomic E-state index is 0.0417. The van der Waals surface area contributed by atoms with E-state index in [2.05, 4.69) is 0 Å². The van der Waals surface area contributed by atoms with Gasteiger partial charge in [-0.1, -0.05) is 36.8 Å². The molecule has 1 amide bonds. The number of aryl methyl sites for hydroxylation is 1. The van der Waals surface area contributed by atoms with Gasteiger partial charge >= 0.3 is 0 Å². The molecular weight excluding hydrogens is 447 g/mol. The van der Waals surface area contributed by atoms with Crippen LogP contribution in [0.25, 0.3) is 0 Å². The second kappa shape index (κ2) is 11.7. The molecule has 0 aromatic heterocycles. The highest BCUT2D eigenvalue weighted by molar-refractivity contribution is 7.89. The molecule has 0 bridgehead atoms. The lowest BCUT2D eigenvalue weighted by atomic mass is 10.0. The van der Waals surface area contributed by atoms with Gasteiger partial charge in [-0.25, -0.2) is 12.8 Å². The summed E-state index contributed by atoms with van der Waals surface area (Å²) in [5, 5.41) is 9.71. The number of ether oxygens (including phenoxy) is 1. The fourth-order valence-corrected chi connectivity index (χ4v) is 5.26. The van der Waals surface area contributed by atoms with Gasteiger partial charge in [0.1, 0.15) is 5.82 Å². The smallest absolute Gasteiger partial charge is 0.256 e. The first kappa shape index (κ1) is 26.9. The molecule has 0 heterocycles. The second-order valence-corrected chi connectivity index (χ2v) is 10.2. The molecule has 3 atom stereocenters. The first-order valence-electron chi connectivity index (χ1n) is 10.7. The number of carbonyl (C=O) groups is 1. The number of nitrogens with zero attached hydrogens (tertiary/aromatic N) is 2. The highest BCUT2D eigenvalue weighted by Crippen LogP contribution is 2.22. The number of hydrogen-bond acceptors (Lipinski definition) is 5. The molecule has 0 saturated heterocycles. The van der Waals surface area contributed by atoms with Gasteiger partial charge in [0.2, 0.25) is 10.0 Å². The molecule has 182 valence electrons. The zero-order valence-corrected chi connectivity index (χ0v) is 20.5. The minimum Gasteiger partial charge on any atom is -0.395 e. The summed E-state index contributed by atoms with van der Waals surface area (Å²) in [6.07, 6.45) is -0.521. The van der Waals surface area contributed by atoms with E-state index in [4.69, 9.17) is 4.74 Å². The first-order chi connectivity index (χ1) is 15.5. The molecule has 2 aromatic carbocycles. The Hall–Kier alpha value is -2.33. The topological polar surface area (TPSA) is 87.2 Å². The van der Waals surface area contributed by atoms with Crippen LogP contribution in [0, 0.1) is 18.7 Å². The van der Waals surface area contributed by atoms with Crippen molar-refractivity contribution in [2.45, 2.75) is 37.8 Å². The van der Waals surface area contributed by atoms with E-state index in [0.29, 0.717) is 0 Å². The lowest BCUT2D eigenvalue weighted by Gasteiger charge is -2.33. The van der Waals surface area contributed by atoms with E-state index < -0.39 is 33.9 Å². The van der Waals surface area contributed by atoms with Crippen LogP contribution in [-0.2, 0) is 14.8 Å². The van der Waals surface area contributed by atoms with Crippen molar-refractivity contribution in [1.29, 1.82) is 0 Å². The quantitative estimate of drug-likeness (QED) is 0.534. The number of rotatable bonds is 11. The molecule has 0 aliphatic carbocycles. The number of aliphatic hydroxyl groups is 1. The Kier molecular flexibility index (Phi) is 9.54. The number of aliphatic hydroxyl groups excluding tert-OH is 1. The summed E-state index contributed by atoms with van der Waals surface area (Å²) in [6, 6.07) is 11.6. The molecule has 0 aliphatic heterocycles. The summed E-state index contributed by atoms with van der Waals surface area (Å²) in [5.74, 6) is -1.43. The molecule has 0 radical (unpaired) electrons. The zero-order valence-electron chi connectivity index (χ0n) is 19.7. The molecule has 9 heteroatoms. The number of likely N-dealkylation sites (N-methyl/N-ethyl adjacent to an activating group) is 1. The lowest BCUT2D eigenvalue weighted by molar-refractivity contribution is 0.0220. The number of methoxy groups -OCH3 is 1. The zero-order chi connectivity index (χ0) is 24.8. The lowest BCUT2D eigenvalue weighted by Crippen LogP contribution is -2.47. The maximum absolute atomic E-state index is 14.0. The summed E-state index contributed by atoms with van der Waals surface area (Å²) in [4.78, 5) is 14.2. The summed E-state index contributed by atoms with van der Waals surface area (Å²) < 4.78 is 47.5. The Balaban J connectivity index is 2.21. The normalized spacial score (nSPS) is 14.7. The van der Waals surface area contributed by atoms with Crippen LogP contribution >= 0.6 is 0 Å². The molecule has 7 nitrogen and oxygen atoms in total. The van der Waals surface area contributed by atoms with E-state index in [9.17, 15) is 22.7 Å². The minimum atomic E-state index is -3.87. The van der Waals surface area contributed by atoms with Crippen molar-refractivity contribution < 1.29 is 27.4 Å². The maximum Gasteiger partial charge on any atom is 0.256 e. The van der Waals surface area contributed by atoms with Gasteiger partial charge in [0.05, 0.1) is 23.2 Å². The van der Waals surface area contributed by atoms with E-state index in [1.807, 2.05) is 13.8 Å². The molecule has 2 rings (SSSR count). The van der Waals surface area contributed by atoms with Gasteiger partial charge in [-0.15, -0.1) is 0 Å². The van der Waals surface area contributed by atoms with E-state index in [1.54, 1.807) is 44.3 Å². The number of hydrogen-bond donors (Lipinski definition) is 1. The SMILES string of the molecule is CO[C@H](CN(C)C(=O)c1ccccc1F)[C@@H](C)CN([C@H](C)CO)S(=O)(=O)c1ccc(C)cc1. The van der Waals surface area contributed by atoms with Crippen molar-refractivity contribution in [3.8, 4) is 0 Å². The number of amides is 1. The van der Waals surface area contributed by atoms with Crippen LogP contribution in [0.5, 0.6) is 0 Å². The summed E-state index contributed by atoms with van der Waals surface area (Å²) in [7, 11) is -0.842. The number of halogens is 1. The van der Waals surface area contributed by atoms with Gasteiger partial charge in [-0.3, -0.25) is 4.79 Å². The second-order valence-electron chi connectivity index (χ2n) is 8.34. The molecule has 0 unspecified atom stereocenters. The van der Waals surface area contributed by atoms with E-state index >= 15 is 0 Å². The molecule has 1 N–H and O–H groups in total. The van der Waals surface area contributed by atoms with Crippen LogP contribution in [0.2, 0.25) is 0 Å². The van der Waals surface area contributed by atoms with Crippen LogP contribution in [0.15, 0.2) is 53.4 Å². The van der Waals surface area contributed by atoms with Gasteiger partial charge in [0, 0.05) is 33.3 Å². The largest absolute Gasteiger partial charge is 0.395 e. The summed E-state index contributed by atoms with van der Waals surface area (Å²) in [6.45, 7) is 5.18. The van der Waals surface area contributed by atoms with E-state index in [0.717, 1.165) is 5.56 Å².